The van der Waals surface area contributed by atoms with Crippen LogP contribution in [0.1, 0.15) is 22.3 Å². The summed E-state index contributed by atoms with van der Waals surface area (Å²) < 4.78 is 2.60. The highest BCUT2D eigenvalue weighted by Crippen LogP contribution is 2.62. The molecule has 8 aromatic carbocycles. The molecule has 0 saturated heterocycles. The van der Waals surface area contributed by atoms with E-state index >= 15 is 0 Å². The second-order valence-electron chi connectivity index (χ2n) is 16.1. The third kappa shape index (κ3) is 5.12. The van der Waals surface area contributed by atoms with Gasteiger partial charge in [-0.15, -0.1) is 11.3 Å². The van der Waals surface area contributed by atoms with E-state index in [9.17, 15) is 0 Å². The highest BCUT2D eigenvalue weighted by molar-refractivity contribution is 7.25. The van der Waals surface area contributed by atoms with Gasteiger partial charge in [-0.3, -0.25) is 0 Å². The van der Waals surface area contributed by atoms with E-state index in [0.29, 0.717) is 11.6 Å². The second kappa shape index (κ2) is 13.6. The zero-order chi connectivity index (χ0) is 40.8. The van der Waals surface area contributed by atoms with Crippen LogP contribution in [-0.4, -0.2) is 19.9 Å². The highest BCUT2D eigenvalue weighted by Gasteiger charge is 2.50. The molecule has 62 heavy (non-hydrogen) atoms. The summed E-state index contributed by atoms with van der Waals surface area (Å²) in [5.74, 6) is 1.32. The lowest BCUT2D eigenvalue weighted by Crippen LogP contribution is -2.29. The van der Waals surface area contributed by atoms with Gasteiger partial charge in [-0.1, -0.05) is 164 Å². The Morgan fingerprint density at radius 2 is 0.871 bits per heavy atom. The van der Waals surface area contributed by atoms with Crippen LogP contribution in [0.15, 0.2) is 207 Å². The van der Waals surface area contributed by atoms with Crippen molar-refractivity contribution in [3.8, 4) is 78.7 Å². The van der Waals surface area contributed by atoms with E-state index in [1.165, 1.54) is 75.8 Å². The van der Waals surface area contributed by atoms with E-state index in [1.54, 1.807) is 0 Å². The maximum atomic E-state index is 5.35. The average Bonchev–Trinajstić information content (AvgIpc) is 3.83. The average molecular weight is 807 g/mol. The minimum Gasteiger partial charge on any atom is -0.236 e. The molecule has 4 nitrogen and oxygen atoms in total. The molecule has 0 radical (unpaired) electrons. The van der Waals surface area contributed by atoms with Crippen molar-refractivity contribution in [2.24, 2.45) is 0 Å². The summed E-state index contributed by atoms with van der Waals surface area (Å²) in [5.41, 5.74) is 17.2. The van der Waals surface area contributed by atoms with Crippen molar-refractivity contribution in [3.63, 3.8) is 0 Å². The van der Waals surface area contributed by atoms with E-state index in [0.717, 1.165) is 33.6 Å². The quantitative estimate of drug-likeness (QED) is 0.178. The van der Waals surface area contributed by atoms with Crippen LogP contribution in [0.3, 0.4) is 0 Å². The first kappa shape index (κ1) is 34.9. The lowest BCUT2D eigenvalue weighted by molar-refractivity contribution is 0.777. The topological polar surface area (TPSA) is 51.6 Å². The first-order chi connectivity index (χ1) is 30.7. The van der Waals surface area contributed by atoms with Gasteiger partial charge in [0.25, 0.3) is 0 Å². The standard InChI is InChI=1S/C57H34N4S/c1-3-15-35(16-4-1)51-32-52(38-33-58-55(59-34-38)36-17-5-2-6-18-36)61-56(60-51)37-27-28-43-40-20-8-7-19-39(40)41-21-9-12-24-47(41)57(49(43)29-37)48-25-13-10-22-42(48)45-31-54-46(30-50(45)57)44-23-11-14-26-53(44)62-54/h1-34H. The molecule has 3 heterocycles. The molecular formula is C57H34N4S. The molecule has 1 unspecified atom stereocenters. The number of hydrogen-bond donors (Lipinski definition) is 0. The highest BCUT2D eigenvalue weighted by atomic mass is 32.1. The summed E-state index contributed by atoms with van der Waals surface area (Å²) >= 11 is 1.88. The predicted molar refractivity (Wildman–Crippen MR) is 254 cm³/mol. The zero-order valence-corrected chi connectivity index (χ0v) is 34.1. The van der Waals surface area contributed by atoms with E-state index in [-0.39, 0.29) is 0 Å². The molecule has 0 fully saturated rings. The van der Waals surface area contributed by atoms with Gasteiger partial charge in [-0.25, -0.2) is 19.9 Å². The minimum absolute atomic E-state index is 0.642. The largest absolute Gasteiger partial charge is 0.236 e. The summed E-state index contributed by atoms with van der Waals surface area (Å²) in [6.45, 7) is 0. The first-order valence-corrected chi connectivity index (χ1v) is 21.8. The van der Waals surface area contributed by atoms with Crippen LogP contribution < -0.4 is 0 Å². The Bertz CT molecular complexity index is 3580. The van der Waals surface area contributed by atoms with E-state index < -0.39 is 5.41 Å². The lowest BCUT2D eigenvalue weighted by atomic mass is 9.65. The van der Waals surface area contributed by atoms with Gasteiger partial charge in [0.2, 0.25) is 0 Å². The number of rotatable bonds is 4. The van der Waals surface area contributed by atoms with Crippen molar-refractivity contribution in [1.82, 2.24) is 19.9 Å². The molecule has 11 aromatic rings. The normalized spacial score (nSPS) is 14.5. The Hall–Kier alpha value is -7.86. The molecule has 2 aliphatic rings. The zero-order valence-electron chi connectivity index (χ0n) is 33.3. The molecule has 0 aliphatic heterocycles. The maximum Gasteiger partial charge on any atom is 0.160 e. The molecule has 1 atom stereocenters. The fraction of sp³-hybridized carbons (Fsp3) is 0.0175. The number of thiophene rings is 1. The Balaban J connectivity index is 1.10. The Labute approximate surface area is 362 Å². The van der Waals surface area contributed by atoms with Crippen molar-refractivity contribution < 1.29 is 0 Å². The number of benzene rings is 8. The van der Waals surface area contributed by atoms with Gasteiger partial charge in [0, 0.05) is 54.8 Å². The third-order valence-electron chi connectivity index (χ3n) is 12.8. The van der Waals surface area contributed by atoms with Gasteiger partial charge in [0.15, 0.2) is 11.6 Å². The predicted octanol–water partition coefficient (Wildman–Crippen LogP) is 14.3. The molecule has 288 valence electrons. The monoisotopic (exact) mass is 806 g/mol. The van der Waals surface area contributed by atoms with Crippen molar-refractivity contribution in [2.75, 3.05) is 0 Å². The smallest absolute Gasteiger partial charge is 0.160 e. The molecule has 1 spiro atoms. The number of hydrogen-bond acceptors (Lipinski definition) is 5. The van der Waals surface area contributed by atoms with Gasteiger partial charge in [0.05, 0.1) is 16.8 Å². The van der Waals surface area contributed by atoms with Gasteiger partial charge >= 0.3 is 0 Å². The molecular weight excluding hydrogens is 773 g/mol. The molecule has 2 aliphatic carbocycles. The molecule has 5 heteroatoms. The summed E-state index contributed by atoms with van der Waals surface area (Å²) in [4.78, 5) is 20.3. The van der Waals surface area contributed by atoms with Crippen molar-refractivity contribution in [1.29, 1.82) is 0 Å². The van der Waals surface area contributed by atoms with Gasteiger partial charge in [-0.05, 0) is 86.0 Å². The van der Waals surface area contributed by atoms with E-state index in [4.69, 9.17) is 19.9 Å². The van der Waals surface area contributed by atoms with Crippen LogP contribution >= 0.6 is 11.3 Å². The summed E-state index contributed by atoms with van der Waals surface area (Å²) in [6, 6.07) is 70.2. The Kier molecular flexibility index (Phi) is 7.66. The van der Waals surface area contributed by atoms with Crippen molar-refractivity contribution in [2.45, 2.75) is 5.41 Å². The molecule has 0 N–H and O–H groups in total. The van der Waals surface area contributed by atoms with Crippen LogP contribution in [0.5, 0.6) is 0 Å². The molecule has 3 aromatic heterocycles. The van der Waals surface area contributed by atoms with Crippen molar-refractivity contribution in [3.05, 3.63) is 229 Å². The van der Waals surface area contributed by atoms with E-state index in [1.807, 2.05) is 60.1 Å². The fourth-order valence-corrected chi connectivity index (χ4v) is 11.3. The SMILES string of the molecule is c1ccc(-c2cc(-c3cnc(-c4ccccc4)nc3)nc(-c3ccc4c(c3)C3(c5ccccc5-c5ccccc5-4)c4ccccc4-c4cc5sc6ccccc6c5cc43)n2)cc1. The number of aromatic nitrogens is 4. The Morgan fingerprint density at radius 3 is 1.58 bits per heavy atom. The van der Waals surface area contributed by atoms with Crippen LogP contribution in [0.4, 0.5) is 0 Å². The van der Waals surface area contributed by atoms with Crippen LogP contribution in [0.2, 0.25) is 0 Å². The van der Waals surface area contributed by atoms with Crippen molar-refractivity contribution >= 4 is 31.5 Å². The summed E-state index contributed by atoms with van der Waals surface area (Å²) in [5, 5.41) is 2.58. The summed E-state index contributed by atoms with van der Waals surface area (Å²) in [7, 11) is 0. The molecule has 0 saturated carbocycles. The van der Waals surface area contributed by atoms with Crippen LogP contribution in [0, 0.1) is 0 Å². The molecule has 0 bridgehead atoms. The van der Waals surface area contributed by atoms with Crippen LogP contribution in [-0.2, 0) is 5.41 Å². The van der Waals surface area contributed by atoms with Gasteiger partial charge < -0.3 is 0 Å². The minimum atomic E-state index is -0.662. The lowest BCUT2D eigenvalue weighted by Gasteiger charge is -2.35. The van der Waals surface area contributed by atoms with Gasteiger partial charge in [-0.2, -0.15) is 0 Å². The molecule has 13 rings (SSSR count). The number of nitrogens with zero attached hydrogens (tertiary/aromatic N) is 4. The first-order valence-electron chi connectivity index (χ1n) is 20.9. The van der Waals surface area contributed by atoms with Gasteiger partial charge in [0.1, 0.15) is 0 Å². The van der Waals surface area contributed by atoms with E-state index in [2.05, 4.69) is 158 Å². The third-order valence-corrected chi connectivity index (χ3v) is 14.0. The maximum absolute atomic E-state index is 5.35. The summed E-state index contributed by atoms with van der Waals surface area (Å²) in [6.07, 6.45) is 3.74. The second-order valence-corrected chi connectivity index (χ2v) is 17.2. The fourth-order valence-electron chi connectivity index (χ4n) is 10.1. The van der Waals surface area contributed by atoms with Crippen LogP contribution in [0.25, 0.3) is 98.8 Å². The Morgan fingerprint density at radius 1 is 0.323 bits per heavy atom. The molecule has 0 amide bonds. The number of fused-ring (bicyclic) bond motifs is 15.